The summed E-state index contributed by atoms with van der Waals surface area (Å²) in [6.45, 7) is 0. The Balaban J connectivity index is 1.89. The first-order valence-corrected chi connectivity index (χ1v) is 7.38. The van der Waals surface area contributed by atoms with Gasteiger partial charge in [-0.15, -0.1) is 11.3 Å². The average molecular weight is 323 g/mol. The summed E-state index contributed by atoms with van der Waals surface area (Å²) < 4.78 is 27.7. The first kappa shape index (κ1) is 14.2. The second kappa shape index (κ2) is 5.54. The van der Waals surface area contributed by atoms with Crippen molar-refractivity contribution >= 4 is 38.8 Å². The van der Waals surface area contributed by atoms with Crippen LogP contribution in [-0.2, 0) is 6.42 Å². The molecule has 0 N–H and O–H groups in total. The SMILES string of the molecule is O=C(Cc1ccc(Cl)cc1F)c1cc2cc(F)ccc2s1. The van der Waals surface area contributed by atoms with E-state index in [2.05, 4.69) is 0 Å². The van der Waals surface area contributed by atoms with Gasteiger partial charge < -0.3 is 0 Å². The van der Waals surface area contributed by atoms with Crippen LogP contribution in [0.1, 0.15) is 15.2 Å². The van der Waals surface area contributed by atoms with E-state index in [4.69, 9.17) is 11.6 Å². The molecule has 0 aliphatic rings. The Bertz CT molecular complexity index is 841. The number of halogens is 3. The van der Waals surface area contributed by atoms with E-state index in [1.165, 1.54) is 35.6 Å². The average Bonchev–Trinajstić information content (AvgIpc) is 2.85. The quantitative estimate of drug-likeness (QED) is 0.601. The second-order valence-corrected chi connectivity index (χ2v) is 6.15. The Morgan fingerprint density at radius 1 is 1.10 bits per heavy atom. The topological polar surface area (TPSA) is 17.1 Å². The second-order valence-electron chi connectivity index (χ2n) is 4.63. The van der Waals surface area contributed by atoms with Gasteiger partial charge in [0.05, 0.1) is 4.88 Å². The molecule has 3 aromatic rings. The zero-order chi connectivity index (χ0) is 15.0. The summed E-state index contributed by atoms with van der Waals surface area (Å²) in [6, 6.07) is 10.2. The molecule has 0 atom stereocenters. The monoisotopic (exact) mass is 322 g/mol. The highest BCUT2D eigenvalue weighted by Crippen LogP contribution is 2.27. The lowest BCUT2D eigenvalue weighted by Gasteiger charge is -2.01. The minimum Gasteiger partial charge on any atom is -0.293 e. The molecule has 0 unspecified atom stereocenters. The Hall–Kier alpha value is -1.78. The Morgan fingerprint density at radius 3 is 2.67 bits per heavy atom. The number of benzene rings is 2. The minimum atomic E-state index is -0.497. The Kier molecular flexibility index (Phi) is 3.74. The number of ketones is 1. The third-order valence-electron chi connectivity index (χ3n) is 3.12. The van der Waals surface area contributed by atoms with Crippen molar-refractivity contribution in [3.05, 3.63) is 69.6 Å². The van der Waals surface area contributed by atoms with Gasteiger partial charge in [-0.3, -0.25) is 4.79 Å². The number of carbonyl (C=O) groups excluding carboxylic acids is 1. The number of carbonyl (C=O) groups is 1. The molecule has 0 saturated heterocycles. The van der Waals surface area contributed by atoms with Crippen LogP contribution in [0.2, 0.25) is 5.02 Å². The Labute approximate surface area is 128 Å². The van der Waals surface area contributed by atoms with E-state index >= 15 is 0 Å². The number of hydrogen-bond acceptors (Lipinski definition) is 2. The van der Waals surface area contributed by atoms with Crippen LogP contribution < -0.4 is 0 Å². The fraction of sp³-hybridized carbons (Fsp3) is 0.0625. The molecule has 0 aliphatic carbocycles. The molecule has 1 heterocycles. The van der Waals surface area contributed by atoms with Gasteiger partial charge in [-0.2, -0.15) is 0 Å². The van der Waals surface area contributed by atoms with Gasteiger partial charge in [-0.05, 0) is 47.3 Å². The zero-order valence-electron chi connectivity index (χ0n) is 10.7. The summed E-state index contributed by atoms with van der Waals surface area (Å²) in [6.07, 6.45) is -0.0433. The van der Waals surface area contributed by atoms with E-state index in [1.54, 1.807) is 18.2 Å². The zero-order valence-corrected chi connectivity index (χ0v) is 12.3. The van der Waals surface area contributed by atoms with Gasteiger partial charge in [0.15, 0.2) is 5.78 Å². The normalized spacial score (nSPS) is 11.0. The van der Waals surface area contributed by atoms with Crippen molar-refractivity contribution in [3.63, 3.8) is 0 Å². The molecule has 2 aromatic carbocycles. The molecule has 1 aromatic heterocycles. The van der Waals surface area contributed by atoms with Crippen molar-refractivity contribution in [1.82, 2.24) is 0 Å². The molecule has 1 nitrogen and oxygen atoms in total. The maximum Gasteiger partial charge on any atom is 0.177 e. The highest BCUT2D eigenvalue weighted by Gasteiger charge is 2.14. The fourth-order valence-corrected chi connectivity index (χ4v) is 3.22. The van der Waals surface area contributed by atoms with Crippen LogP contribution in [-0.4, -0.2) is 5.78 Å². The highest BCUT2D eigenvalue weighted by molar-refractivity contribution is 7.20. The third-order valence-corrected chi connectivity index (χ3v) is 4.51. The summed E-state index contributed by atoms with van der Waals surface area (Å²) in [4.78, 5) is 12.7. The van der Waals surface area contributed by atoms with Crippen molar-refractivity contribution in [2.75, 3.05) is 0 Å². The van der Waals surface area contributed by atoms with Crippen LogP contribution in [0.25, 0.3) is 10.1 Å². The molecule has 106 valence electrons. The van der Waals surface area contributed by atoms with Gasteiger partial charge in [-0.25, -0.2) is 8.78 Å². The van der Waals surface area contributed by atoms with E-state index in [-0.39, 0.29) is 18.0 Å². The number of rotatable bonds is 3. The lowest BCUT2D eigenvalue weighted by Crippen LogP contribution is -2.03. The van der Waals surface area contributed by atoms with Crippen LogP contribution in [0.15, 0.2) is 42.5 Å². The van der Waals surface area contributed by atoms with Gasteiger partial charge in [-0.1, -0.05) is 17.7 Å². The highest BCUT2D eigenvalue weighted by atomic mass is 35.5. The van der Waals surface area contributed by atoms with Crippen molar-refractivity contribution in [2.24, 2.45) is 0 Å². The molecule has 0 fully saturated rings. The summed E-state index contributed by atoms with van der Waals surface area (Å²) in [7, 11) is 0. The molecule has 0 spiro atoms. The van der Waals surface area contributed by atoms with E-state index in [9.17, 15) is 13.6 Å². The van der Waals surface area contributed by atoms with Crippen molar-refractivity contribution in [1.29, 1.82) is 0 Å². The minimum absolute atomic E-state index is 0.0433. The maximum absolute atomic E-state index is 13.7. The van der Waals surface area contributed by atoms with Crippen molar-refractivity contribution < 1.29 is 13.6 Å². The first-order valence-electron chi connectivity index (χ1n) is 6.19. The number of Topliss-reactive ketones (excluding diaryl/α,β-unsaturated/α-hetero) is 1. The number of thiophene rings is 1. The van der Waals surface area contributed by atoms with Crippen LogP contribution in [0.3, 0.4) is 0 Å². The van der Waals surface area contributed by atoms with Gasteiger partial charge in [0.2, 0.25) is 0 Å². The van der Waals surface area contributed by atoms with Crippen LogP contribution in [0.4, 0.5) is 8.78 Å². The molecule has 0 amide bonds. The molecule has 21 heavy (non-hydrogen) atoms. The molecule has 3 rings (SSSR count). The van der Waals surface area contributed by atoms with Crippen LogP contribution in [0, 0.1) is 11.6 Å². The smallest absolute Gasteiger partial charge is 0.177 e. The summed E-state index contributed by atoms with van der Waals surface area (Å²) in [5.74, 6) is -1.04. The molecular weight excluding hydrogens is 314 g/mol. The first-order chi connectivity index (χ1) is 10.0. The predicted molar refractivity (Wildman–Crippen MR) is 81.2 cm³/mol. The fourth-order valence-electron chi connectivity index (χ4n) is 2.08. The van der Waals surface area contributed by atoms with E-state index in [0.717, 1.165) is 4.70 Å². The largest absolute Gasteiger partial charge is 0.293 e. The predicted octanol–water partition coefficient (Wildman–Crippen LogP) is 5.26. The molecule has 0 saturated carbocycles. The van der Waals surface area contributed by atoms with E-state index < -0.39 is 5.82 Å². The summed E-state index contributed by atoms with van der Waals surface area (Å²) >= 11 is 6.96. The van der Waals surface area contributed by atoms with Gasteiger partial charge in [0.25, 0.3) is 0 Å². The van der Waals surface area contributed by atoms with E-state index in [1.807, 2.05) is 0 Å². The van der Waals surface area contributed by atoms with Crippen LogP contribution in [0.5, 0.6) is 0 Å². The van der Waals surface area contributed by atoms with Gasteiger partial charge in [0, 0.05) is 16.1 Å². The molecule has 0 bridgehead atoms. The molecule has 5 heteroatoms. The standard InChI is InChI=1S/C16H9ClF2OS/c17-11-2-1-9(13(19)8-11)6-14(20)16-7-10-5-12(18)3-4-15(10)21-16/h1-5,7-8H,6H2. The van der Waals surface area contributed by atoms with Gasteiger partial charge >= 0.3 is 0 Å². The molecule has 0 aliphatic heterocycles. The van der Waals surface area contributed by atoms with Gasteiger partial charge in [0.1, 0.15) is 11.6 Å². The lowest BCUT2D eigenvalue weighted by molar-refractivity contribution is 0.0995. The third kappa shape index (κ3) is 2.96. The molecule has 0 radical (unpaired) electrons. The summed E-state index contributed by atoms with van der Waals surface area (Å²) in [5.41, 5.74) is 0.299. The number of hydrogen-bond donors (Lipinski definition) is 0. The van der Waals surface area contributed by atoms with Crippen molar-refractivity contribution in [3.8, 4) is 0 Å². The Morgan fingerprint density at radius 2 is 1.90 bits per heavy atom. The lowest BCUT2D eigenvalue weighted by atomic mass is 10.1. The van der Waals surface area contributed by atoms with Crippen molar-refractivity contribution in [2.45, 2.75) is 6.42 Å². The van der Waals surface area contributed by atoms with Crippen LogP contribution >= 0.6 is 22.9 Å². The maximum atomic E-state index is 13.7. The summed E-state index contributed by atoms with van der Waals surface area (Å²) in [5, 5.41) is 0.973. The molecular formula is C16H9ClF2OS. The van der Waals surface area contributed by atoms with E-state index in [0.29, 0.717) is 20.8 Å². The number of fused-ring (bicyclic) bond motifs is 1.